The van der Waals surface area contributed by atoms with Crippen LogP contribution in [0.4, 0.5) is 11.5 Å². The van der Waals surface area contributed by atoms with Gasteiger partial charge in [-0.2, -0.15) is 10.2 Å². The molecule has 3 aromatic heterocycles. The van der Waals surface area contributed by atoms with E-state index in [0.717, 1.165) is 59.3 Å². The highest BCUT2D eigenvalue weighted by atomic mass is 16.5. The highest BCUT2D eigenvalue weighted by molar-refractivity contribution is 6.10. The number of para-hydroxylation sites is 1. The second-order valence-electron chi connectivity index (χ2n) is 6.65. The molecule has 2 N–H and O–H groups in total. The molecule has 1 aliphatic rings. The standard InChI is InChI=1S/C19H20N6O2/c1-26-16-4-2-3-14-15-10-20-24-18(15)19(23-17(14)16)22-12-9-21-25(11-12)13-5-7-27-8-6-13/h2-4,9-11,13H,5-8H2,1H3,(H,20,24)(H,22,23). The van der Waals surface area contributed by atoms with Crippen LogP contribution in [0.15, 0.2) is 36.8 Å². The predicted octanol–water partition coefficient (Wildman–Crippen LogP) is 3.41. The van der Waals surface area contributed by atoms with Gasteiger partial charge >= 0.3 is 0 Å². The first-order valence-corrected chi connectivity index (χ1v) is 9.02. The molecule has 4 aromatic rings. The van der Waals surface area contributed by atoms with Crippen LogP contribution >= 0.6 is 0 Å². The van der Waals surface area contributed by atoms with Crippen LogP contribution < -0.4 is 10.1 Å². The number of rotatable bonds is 4. The average molecular weight is 364 g/mol. The summed E-state index contributed by atoms with van der Waals surface area (Å²) in [5, 5.41) is 17.2. The van der Waals surface area contributed by atoms with Crippen molar-refractivity contribution in [2.45, 2.75) is 18.9 Å². The summed E-state index contributed by atoms with van der Waals surface area (Å²) in [7, 11) is 1.65. The Labute approximate surface area is 155 Å². The van der Waals surface area contributed by atoms with E-state index in [9.17, 15) is 0 Å². The summed E-state index contributed by atoms with van der Waals surface area (Å²) < 4.78 is 12.9. The molecule has 1 fully saturated rings. The van der Waals surface area contributed by atoms with E-state index in [1.165, 1.54) is 0 Å². The number of ether oxygens (including phenoxy) is 2. The number of pyridine rings is 1. The van der Waals surface area contributed by atoms with Crippen LogP contribution in [-0.4, -0.2) is 45.3 Å². The van der Waals surface area contributed by atoms with Crippen molar-refractivity contribution in [3.63, 3.8) is 0 Å². The van der Waals surface area contributed by atoms with Gasteiger partial charge in [-0.3, -0.25) is 9.78 Å². The van der Waals surface area contributed by atoms with Crippen LogP contribution in [0.3, 0.4) is 0 Å². The fourth-order valence-corrected chi connectivity index (χ4v) is 3.64. The Bertz CT molecular complexity index is 1100. The number of hydrogen-bond donors (Lipinski definition) is 2. The van der Waals surface area contributed by atoms with Crippen molar-refractivity contribution in [1.29, 1.82) is 0 Å². The zero-order chi connectivity index (χ0) is 18.2. The second-order valence-corrected chi connectivity index (χ2v) is 6.65. The molecule has 8 nitrogen and oxygen atoms in total. The Morgan fingerprint density at radius 1 is 1.22 bits per heavy atom. The van der Waals surface area contributed by atoms with Gasteiger partial charge in [-0.05, 0) is 18.9 Å². The minimum absolute atomic E-state index is 0.381. The Kier molecular flexibility index (Phi) is 3.90. The van der Waals surface area contributed by atoms with E-state index < -0.39 is 0 Å². The summed E-state index contributed by atoms with van der Waals surface area (Å²) in [6.45, 7) is 1.57. The van der Waals surface area contributed by atoms with Gasteiger partial charge in [-0.1, -0.05) is 12.1 Å². The molecular formula is C19H20N6O2. The van der Waals surface area contributed by atoms with Gasteiger partial charge in [0.15, 0.2) is 5.82 Å². The minimum atomic E-state index is 0.381. The summed E-state index contributed by atoms with van der Waals surface area (Å²) in [6, 6.07) is 6.27. The fourth-order valence-electron chi connectivity index (χ4n) is 3.64. The summed E-state index contributed by atoms with van der Waals surface area (Å²) in [6.07, 6.45) is 7.63. The first kappa shape index (κ1) is 16.1. The maximum atomic E-state index is 5.49. The molecule has 4 heterocycles. The monoisotopic (exact) mass is 364 g/mol. The quantitative estimate of drug-likeness (QED) is 0.577. The van der Waals surface area contributed by atoms with Gasteiger partial charge in [0, 0.05) is 30.2 Å². The molecule has 27 heavy (non-hydrogen) atoms. The first-order chi connectivity index (χ1) is 13.3. The number of benzene rings is 1. The molecular weight excluding hydrogens is 344 g/mol. The first-order valence-electron chi connectivity index (χ1n) is 9.02. The molecule has 0 aliphatic carbocycles. The lowest BCUT2D eigenvalue weighted by atomic mass is 10.1. The number of aromatic amines is 1. The van der Waals surface area contributed by atoms with Crippen molar-refractivity contribution in [3.05, 3.63) is 36.8 Å². The van der Waals surface area contributed by atoms with Crippen molar-refractivity contribution >= 4 is 33.3 Å². The van der Waals surface area contributed by atoms with E-state index in [2.05, 4.69) is 20.6 Å². The molecule has 0 unspecified atom stereocenters. The van der Waals surface area contributed by atoms with Crippen molar-refractivity contribution < 1.29 is 9.47 Å². The molecule has 0 bridgehead atoms. The van der Waals surface area contributed by atoms with E-state index in [1.54, 1.807) is 7.11 Å². The molecule has 0 spiro atoms. The predicted molar refractivity (Wildman–Crippen MR) is 103 cm³/mol. The van der Waals surface area contributed by atoms with Crippen LogP contribution in [0.1, 0.15) is 18.9 Å². The molecule has 1 aromatic carbocycles. The lowest BCUT2D eigenvalue weighted by molar-refractivity contribution is 0.0662. The van der Waals surface area contributed by atoms with E-state index in [4.69, 9.17) is 14.5 Å². The number of H-pyrrole nitrogens is 1. The van der Waals surface area contributed by atoms with Crippen molar-refractivity contribution in [3.8, 4) is 5.75 Å². The largest absolute Gasteiger partial charge is 0.494 e. The van der Waals surface area contributed by atoms with E-state index in [1.807, 2.05) is 41.5 Å². The van der Waals surface area contributed by atoms with Crippen LogP contribution in [0.2, 0.25) is 0 Å². The summed E-state index contributed by atoms with van der Waals surface area (Å²) >= 11 is 0. The van der Waals surface area contributed by atoms with Crippen LogP contribution in [0.25, 0.3) is 21.8 Å². The molecule has 0 amide bonds. The Morgan fingerprint density at radius 2 is 2.11 bits per heavy atom. The molecule has 0 atom stereocenters. The number of methoxy groups -OCH3 is 1. The van der Waals surface area contributed by atoms with Gasteiger partial charge in [0.05, 0.1) is 31.2 Å². The van der Waals surface area contributed by atoms with E-state index in [0.29, 0.717) is 11.9 Å². The Balaban J connectivity index is 1.54. The Morgan fingerprint density at radius 3 is 2.96 bits per heavy atom. The van der Waals surface area contributed by atoms with Crippen molar-refractivity contribution in [2.24, 2.45) is 0 Å². The lowest BCUT2D eigenvalue weighted by Gasteiger charge is -2.22. The summed E-state index contributed by atoms with van der Waals surface area (Å²) in [5.41, 5.74) is 2.54. The van der Waals surface area contributed by atoms with Gasteiger partial charge < -0.3 is 14.8 Å². The maximum absolute atomic E-state index is 5.49. The van der Waals surface area contributed by atoms with Crippen LogP contribution in [0.5, 0.6) is 5.75 Å². The summed E-state index contributed by atoms with van der Waals surface area (Å²) in [4.78, 5) is 4.80. The highest BCUT2D eigenvalue weighted by Gasteiger charge is 2.18. The number of fused-ring (bicyclic) bond motifs is 3. The topological polar surface area (TPSA) is 89.9 Å². The SMILES string of the molecule is COc1cccc2c1nc(Nc1cnn(C3CCOCC3)c1)c1[nH]ncc12. The zero-order valence-electron chi connectivity index (χ0n) is 15.0. The minimum Gasteiger partial charge on any atom is -0.494 e. The molecule has 8 heteroatoms. The maximum Gasteiger partial charge on any atom is 0.157 e. The van der Waals surface area contributed by atoms with Gasteiger partial charge in [0.25, 0.3) is 0 Å². The van der Waals surface area contributed by atoms with Gasteiger partial charge in [0.2, 0.25) is 0 Å². The van der Waals surface area contributed by atoms with Crippen LogP contribution in [-0.2, 0) is 4.74 Å². The third kappa shape index (κ3) is 2.78. The molecule has 138 valence electrons. The number of aromatic nitrogens is 5. The highest BCUT2D eigenvalue weighted by Crippen LogP contribution is 2.33. The smallest absolute Gasteiger partial charge is 0.157 e. The van der Waals surface area contributed by atoms with Crippen LogP contribution in [0, 0.1) is 0 Å². The zero-order valence-corrected chi connectivity index (χ0v) is 15.0. The van der Waals surface area contributed by atoms with E-state index in [-0.39, 0.29) is 0 Å². The number of nitrogens with one attached hydrogen (secondary N) is 2. The summed E-state index contributed by atoms with van der Waals surface area (Å²) in [5.74, 6) is 1.43. The number of nitrogens with zero attached hydrogens (tertiary/aromatic N) is 4. The van der Waals surface area contributed by atoms with Crippen molar-refractivity contribution in [2.75, 3.05) is 25.6 Å². The molecule has 0 saturated carbocycles. The average Bonchev–Trinajstić information content (AvgIpc) is 3.38. The normalized spacial score (nSPS) is 15.4. The van der Waals surface area contributed by atoms with E-state index >= 15 is 0 Å². The van der Waals surface area contributed by atoms with Gasteiger partial charge in [-0.15, -0.1) is 0 Å². The third-order valence-corrected chi connectivity index (χ3v) is 5.04. The number of anilines is 2. The lowest BCUT2D eigenvalue weighted by Crippen LogP contribution is -2.19. The van der Waals surface area contributed by atoms with Gasteiger partial charge in [-0.25, -0.2) is 4.98 Å². The third-order valence-electron chi connectivity index (χ3n) is 5.04. The molecule has 0 radical (unpaired) electrons. The fraction of sp³-hybridized carbons (Fsp3) is 0.316. The molecule has 1 aliphatic heterocycles. The van der Waals surface area contributed by atoms with Gasteiger partial charge in [0.1, 0.15) is 16.8 Å². The number of hydrogen-bond acceptors (Lipinski definition) is 6. The van der Waals surface area contributed by atoms with Crippen molar-refractivity contribution in [1.82, 2.24) is 25.0 Å². The Hall–Kier alpha value is -3.13. The molecule has 5 rings (SSSR count). The molecule has 1 saturated heterocycles. The second kappa shape index (κ2) is 6.55.